The smallest absolute Gasteiger partial charge is 0.150 e. The van der Waals surface area contributed by atoms with Crippen molar-refractivity contribution in [2.75, 3.05) is 18.1 Å². The lowest BCUT2D eigenvalue weighted by atomic mass is 9.91. The molecule has 2 rings (SSSR count). The maximum Gasteiger partial charge on any atom is 0.150 e. The minimum atomic E-state index is -2.81. The second-order valence-corrected chi connectivity index (χ2v) is 8.58. The molecule has 1 aromatic rings. The zero-order valence-corrected chi connectivity index (χ0v) is 14.2. The Morgan fingerprint density at radius 2 is 2.05 bits per heavy atom. The number of rotatable bonds is 6. The van der Waals surface area contributed by atoms with E-state index in [1.54, 1.807) is 0 Å². The molecular weight excluding hydrogens is 282 g/mol. The van der Waals surface area contributed by atoms with Crippen molar-refractivity contribution in [3.8, 4) is 0 Å². The Balaban J connectivity index is 2.10. The van der Waals surface area contributed by atoms with E-state index < -0.39 is 9.84 Å². The van der Waals surface area contributed by atoms with Gasteiger partial charge < -0.3 is 5.32 Å². The molecule has 1 fully saturated rings. The zero-order chi connectivity index (χ0) is 15.5. The van der Waals surface area contributed by atoms with Crippen molar-refractivity contribution in [1.29, 1.82) is 0 Å². The van der Waals surface area contributed by atoms with Crippen LogP contribution in [0.2, 0.25) is 0 Å². The predicted octanol–water partition coefficient (Wildman–Crippen LogP) is 2.65. The highest BCUT2D eigenvalue weighted by Crippen LogP contribution is 2.24. The maximum absolute atomic E-state index is 11.7. The number of hydrogen-bond donors (Lipinski definition) is 1. The first kappa shape index (κ1) is 16.5. The minimum Gasteiger partial charge on any atom is -0.313 e. The summed E-state index contributed by atoms with van der Waals surface area (Å²) < 4.78 is 23.5. The lowest BCUT2D eigenvalue weighted by Crippen LogP contribution is -2.39. The first-order valence-corrected chi connectivity index (χ1v) is 9.73. The Hall–Kier alpha value is -0.870. The third kappa shape index (κ3) is 4.55. The number of sulfone groups is 1. The molecule has 1 saturated heterocycles. The molecule has 1 aromatic carbocycles. The Labute approximate surface area is 129 Å². The van der Waals surface area contributed by atoms with Gasteiger partial charge in [-0.2, -0.15) is 0 Å². The van der Waals surface area contributed by atoms with Gasteiger partial charge in [0, 0.05) is 6.04 Å². The maximum atomic E-state index is 11.7. The number of benzene rings is 1. The van der Waals surface area contributed by atoms with Gasteiger partial charge in [-0.05, 0) is 62.3 Å². The van der Waals surface area contributed by atoms with Gasteiger partial charge in [0.2, 0.25) is 0 Å². The fraction of sp³-hybridized carbons (Fsp3) is 0.647. The number of nitrogens with one attached hydrogen (secondary N) is 1. The van der Waals surface area contributed by atoms with E-state index in [-0.39, 0.29) is 12.0 Å². The van der Waals surface area contributed by atoms with Gasteiger partial charge in [-0.3, -0.25) is 0 Å². The van der Waals surface area contributed by atoms with Crippen molar-refractivity contribution in [1.82, 2.24) is 5.32 Å². The minimum absolute atomic E-state index is 0.253. The molecule has 1 aliphatic rings. The Morgan fingerprint density at radius 3 is 2.62 bits per heavy atom. The molecule has 0 bridgehead atoms. The van der Waals surface area contributed by atoms with Crippen LogP contribution in [0.25, 0.3) is 0 Å². The third-order valence-corrected chi connectivity index (χ3v) is 6.31. The second-order valence-electron chi connectivity index (χ2n) is 6.35. The quantitative estimate of drug-likeness (QED) is 0.879. The molecule has 1 N–H and O–H groups in total. The van der Waals surface area contributed by atoms with Crippen LogP contribution in [0.1, 0.15) is 36.5 Å². The van der Waals surface area contributed by atoms with Gasteiger partial charge in [0.15, 0.2) is 9.84 Å². The summed E-state index contributed by atoms with van der Waals surface area (Å²) in [5.41, 5.74) is 3.91. The molecule has 2 unspecified atom stereocenters. The van der Waals surface area contributed by atoms with Gasteiger partial charge in [0.1, 0.15) is 0 Å². The Morgan fingerprint density at radius 1 is 1.29 bits per heavy atom. The van der Waals surface area contributed by atoms with Gasteiger partial charge in [0.05, 0.1) is 11.5 Å². The topological polar surface area (TPSA) is 46.2 Å². The fourth-order valence-electron chi connectivity index (χ4n) is 3.06. The van der Waals surface area contributed by atoms with E-state index in [1.807, 2.05) is 0 Å². The lowest BCUT2D eigenvalue weighted by Gasteiger charge is -2.24. The van der Waals surface area contributed by atoms with Crippen LogP contribution in [0.5, 0.6) is 0 Å². The molecule has 3 nitrogen and oxygen atoms in total. The van der Waals surface area contributed by atoms with Gasteiger partial charge in [0.25, 0.3) is 0 Å². The summed E-state index contributed by atoms with van der Waals surface area (Å²) in [6, 6.07) is 6.84. The molecule has 1 heterocycles. The van der Waals surface area contributed by atoms with Crippen LogP contribution >= 0.6 is 0 Å². The average Bonchev–Trinajstić information content (AvgIpc) is 2.79. The number of hydrogen-bond acceptors (Lipinski definition) is 3. The lowest BCUT2D eigenvalue weighted by molar-refractivity contribution is 0.379. The van der Waals surface area contributed by atoms with E-state index in [0.717, 1.165) is 25.8 Å². The number of aryl methyl sites for hydroxylation is 2. The van der Waals surface area contributed by atoms with Crippen molar-refractivity contribution in [2.24, 2.45) is 5.92 Å². The molecule has 0 radical (unpaired) electrons. The van der Waals surface area contributed by atoms with E-state index in [9.17, 15) is 8.42 Å². The molecule has 1 aliphatic heterocycles. The summed E-state index contributed by atoms with van der Waals surface area (Å²) in [4.78, 5) is 0. The van der Waals surface area contributed by atoms with E-state index in [1.165, 1.54) is 16.7 Å². The average molecular weight is 309 g/mol. The summed E-state index contributed by atoms with van der Waals surface area (Å²) in [5.74, 6) is 0.955. The van der Waals surface area contributed by atoms with Crippen LogP contribution in [0.15, 0.2) is 18.2 Å². The molecule has 0 saturated carbocycles. The van der Waals surface area contributed by atoms with Crippen molar-refractivity contribution in [3.63, 3.8) is 0 Å². The molecule has 0 aromatic heterocycles. The zero-order valence-electron chi connectivity index (χ0n) is 13.4. The van der Waals surface area contributed by atoms with Crippen molar-refractivity contribution < 1.29 is 8.42 Å². The largest absolute Gasteiger partial charge is 0.313 e. The van der Waals surface area contributed by atoms with Crippen molar-refractivity contribution in [2.45, 2.75) is 46.1 Å². The molecule has 0 amide bonds. The van der Waals surface area contributed by atoms with Crippen LogP contribution in [0, 0.1) is 19.8 Å². The van der Waals surface area contributed by atoms with Gasteiger partial charge >= 0.3 is 0 Å². The van der Waals surface area contributed by atoms with Crippen LogP contribution in [0.4, 0.5) is 0 Å². The molecule has 2 atom stereocenters. The van der Waals surface area contributed by atoms with E-state index in [4.69, 9.17) is 0 Å². The summed E-state index contributed by atoms with van der Waals surface area (Å²) in [5, 5.41) is 3.57. The van der Waals surface area contributed by atoms with Crippen LogP contribution in [-0.2, 0) is 16.3 Å². The molecule has 21 heavy (non-hydrogen) atoms. The molecule has 0 spiro atoms. The standard InChI is InChI=1S/C17H27NO2S/c1-4-8-18-17(16-7-9-21(19,20)12-16)11-15-6-5-13(2)14(3)10-15/h5-6,10,16-18H,4,7-9,11-12H2,1-3H3. The normalized spacial score (nSPS) is 22.3. The van der Waals surface area contributed by atoms with Crippen LogP contribution in [0.3, 0.4) is 0 Å². The monoisotopic (exact) mass is 309 g/mol. The SMILES string of the molecule is CCCNC(Cc1ccc(C)c(C)c1)C1CCS(=O)(=O)C1. The van der Waals surface area contributed by atoms with E-state index >= 15 is 0 Å². The Bertz CT molecular complexity index is 580. The van der Waals surface area contributed by atoms with Gasteiger partial charge in [-0.25, -0.2) is 8.42 Å². The Kier molecular flexibility index (Phi) is 5.44. The van der Waals surface area contributed by atoms with Crippen LogP contribution in [-0.4, -0.2) is 32.5 Å². The highest BCUT2D eigenvalue weighted by Gasteiger charge is 2.33. The molecular formula is C17H27NO2S. The first-order valence-electron chi connectivity index (χ1n) is 7.91. The second kappa shape index (κ2) is 6.93. The first-order chi connectivity index (χ1) is 9.91. The summed E-state index contributed by atoms with van der Waals surface area (Å²) >= 11 is 0. The highest BCUT2D eigenvalue weighted by molar-refractivity contribution is 7.91. The molecule has 0 aliphatic carbocycles. The highest BCUT2D eigenvalue weighted by atomic mass is 32.2. The van der Waals surface area contributed by atoms with Crippen molar-refractivity contribution in [3.05, 3.63) is 34.9 Å². The van der Waals surface area contributed by atoms with Gasteiger partial charge in [-0.15, -0.1) is 0 Å². The molecule has 118 valence electrons. The molecule has 4 heteroatoms. The van der Waals surface area contributed by atoms with Gasteiger partial charge in [-0.1, -0.05) is 25.1 Å². The van der Waals surface area contributed by atoms with E-state index in [0.29, 0.717) is 11.5 Å². The van der Waals surface area contributed by atoms with E-state index in [2.05, 4.69) is 44.3 Å². The predicted molar refractivity (Wildman–Crippen MR) is 88.5 cm³/mol. The van der Waals surface area contributed by atoms with Crippen LogP contribution < -0.4 is 5.32 Å². The summed E-state index contributed by atoms with van der Waals surface area (Å²) in [6.45, 7) is 7.35. The summed E-state index contributed by atoms with van der Waals surface area (Å²) in [6.07, 6.45) is 2.79. The third-order valence-electron chi connectivity index (χ3n) is 4.52. The summed E-state index contributed by atoms with van der Waals surface area (Å²) in [7, 11) is -2.81. The fourth-order valence-corrected chi connectivity index (χ4v) is 4.94. The van der Waals surface area contributed by atoms with Crippen molar-refractivity contribution >= 4 is 9.84 Å².